The number of phenols is 1. The quantitative estimate of drug-likeness (QED) is 0.628. The van der Waals surface area contributed by atoms with Gasteiger partial charge in [-0.05, 0) is 36.1 Å². The summed E-state index contributed by atoms with van der Waals surface area (Å²) in [7, 11) is 0. The van der Waals surface area contributed by atoms with Crippen LogP contribution < -0.4 is 5.73 Å². The fourth-order valence-corrected chi connectivity index (χ4v) is 1.67. The standard InChI is InChI=1S/C11H10FNO/c1-6-4-8(14)5-7-2-3-9(12)11(13)10(6)7/h2-5,14H,13H2,1H3. The molecule has 0 aliphatic carbocycles. The van der Waals surface area contributed by atoms with Crippen LogP contribution in [0.3, 0.4) is 0 Å². The summed E-state index contributed by atoms with van der Waals surface area (Å²) in [5.41, 5.74) is 6.53. The lowest BCUT2D eigenvalue weighted by Crippen LogP contribution is -1.93. The molecule has 0 spiro atoms. The molecule has 0 heterocycles. The number of anilines is 1. The third-order valence-corrected chi connectivity index (χ3v) is 2.29. The molecule has 14 heavy (non-hydrogen) atoms. The Hall–Kier alpha value is -1.77. The Morgan fingerprint density at radius 2 is 2.00 bits per heavy atom. The van der Waals surface area contributed by atoms with Gasteiger partial charge in [0, 0.05) is 5.39 Å². The lowest BCUT2D eigenvalue weighted by Gasteiger charge is -2.07. The topological polar surface area (TPSA) is 46.2 Å². The average molecular weight is 191 g/mol. The van der Waals surface area contributed by atoms with Crippen LogP contribution in [0.2, 0.25) is 0 Å². The van der Waals surface area contributed by atoms with Crippen molar-refractivity contribution < 1.29 is 9.50 Å². The average Bonchev–Trinajstić information content (AvgIpc) is 2.10. The van der Waals surface area contributed by atoms with E-state index in [0.29, 0.717) is 5.39 Å². The van der Waals surface area contributed by atoms with Crippen LogP contribution in [0, 0.1) is 12.7 Å². The normalized spacial score (nSPS) is 10.7. The number of aryl methyl sites for hydroxylation is 1. The highest BCUT2D eigenvalue weighted by molar-refractivity contribution is 5.96. The van der Waals surface area contributed by atoms with Gasteiger partial charge in [-0.2, -0.15) is 0 Å². The summed E-state index contributed by atoms with van der Waals surface area (Å²) >= 11 is 0. The minimum atomic E-state index is -0.425. The van der Waals surface area contributed by atoms with E-state index in [1.807, 2.05) is 0 Å². The first-order valence-electron chi connectivity index (χ1n) is 4.27. The number of rotatable bonds is 0. The van der Waals surface area contributed by atoms with E-state index in [0.717, 1.165) is 10.9 Å². The van der Waals surface area contributed by atoms with Gasteiger partial charge in [-0.15, -0.1) is 0 Å². The van der Waals surface area contributed by atoms with Crippen molar-refractivity contribution >= 4 is 16.5 Å². The van der Waals surface area contributed by atoms with E-state index in [2.05, 4.69) is 0 Å². The SMILES string of the molecule is Cc1cc(O)cc2ccc(F)c(N)c12. The van der Waals surface area contributed by atoms with Gasteiger partial charge in [-0.3, -0.25) is 0 Å². The maximum atomic E-state index is 13.1. The number of benzene rings is 2. The first-order chi connectivity index (χ1) is 6.59. The van der Waals surface area contributed by atoms with Crippen molar-refractivity contribution in [1.82, 2.24) is 0 Å². The summed E-state index contributed by atoms with van der Waals surface area (Å²) in [6.45, 7) is 1.79. The van der Waals surface area contributed by atoms with Crippen LogP contribution >= 0.6 is 0 Å². The van der Waals surface area contributed by atoms with Crippen molar-refractivity contribution in [2.75, 3.05) is 5.73 Å². The minimum Gasteiger partial charge on any atom is -0.508 e. The molecule has 0 amide bonds. The van der Waals surface area contributed by atoms with Gasteiger partial charge in [-0.25, -0.2) is 4.39 Å². The molecule has 0 atom stereocenters. The second-order valence-electron chi connectivity index (χ2n) is 3.32. The summed E-state index contributed by atoms with van der Waals surface area (Å²) in [5, 5.41) is 10.8. The van der Waals surface area contributed by atoms with E-state index in [1.54, 1.807) is 25.1 Å². The van der Waals surface area contributed by atoms with Crippen molar-refractivity contribution in [3.63, 3.8) is 0 Å². The van der Waals surface area contributed by atoms with Gasteiger partial charge in [0.05, 0.1) is 5.69 Å². The van der Waals surface area contributed by atoms with E-state index in [9.17, 15) is 9.50 Å². The van der Waals surface area contributed by atoms with E-state index in [1.165, 1.54) is 6.07 Å². The third kappa shape index (κ3) is 1.18. The second kappa shape index (κ2) is 2.87. The molecule has 3 N–H and O–H groups in total. The molecule has 72 valence electrons. The van der Waals surface area contributed by atoms with Gasteiger partial charge in [0.15, 0.2) is 0 Å². The molecule has 0 aliphatic heterocycles. The van der Waals surface area contributed by atoms with E-state index < -0.39 is 5.82 Å². The van der Waals surface area contributed by atoms with Crippen LogP contribution in [0.15, 0.2) is 24.3 Å². The number of phenolic OH excluding ortho intramolecular Hbond substituents is 1. The molecule has 2 aromatic carbocycles. The number of fused-ring (bicyclic) bond motifs is 1. The molecule has 2 rings (SSSR count). The van der Waals surface area contributed by atoms with Crippen molar-refractivity contribution in [3.8, 4) is 5.75 Å². The maximum Gasteiger partial charge on any atom is 0.146 e. The smallest absolute Gasteiger partial charge is 0.146 e. The highest BCUT2D eigenvalue weighted by Crippen LogP contribution is 2.30. The number of hydrogen-bond donors (Lipinski definition) is 2. The summed E-state index contributed by atoms with van der Waals surface area (Å²) in [6.07, 6.45) is 0. The predicted molar refractivity (Wildman–Crippen MR) is 54.7 cm³/mol. The fourth-order valence-electron chi connectivity index (χ4n) is 1.67. The number of aromatic hydroxyl groups is 1. The van der Waals surface area contributed by atoms with E-state index in [4.69, 9.17) is 5.73 Å². The van der Waals surface area contributed by atoms with Crippen LogP contribution in [-0.4, -0.2) is 5.11 Å². The van der Waals surface area contributed by atoms with Crippen LogP contribution in [-0.2, 0) is 0 Å². The highest BCUT2D eigenvalue weighted by atomic mass is 19.1. The van der Waals surface area contributed by atoms with Gasteiger partial charge < -0.3 is 10.8 Å². The number of nitrogen functional groups attached to an aromatic ring is 1. The summed E-state index contributed by atoms with van der Waals surface area (Å²) in [5.74, 6) is -0.257. The molecule has 3 heteroatoms. The molecular formula is C11H10FNO. The zero-order valence-electron chi connectivity index (χ0n) is 7.71. The molecule has 0 aliphatic rings. The van der Waals surface area contributed by atoms with Crippen LogP contribution in [0.1, 0.15) is 5.56 Å². The Labute approximate surface area is 80.8 Å². The van der Waals surface area contributed by atoms with Gasteiger partial charge in [-0.1, -0.05) is 6.07 Å². The van der Waals surface area contributed by atoms with Gasteiger partial charge in [0.1, 0.15) is 11.6 Å². The van der Waals surface area contributed by atoms with Gasteiger partial charge in [0.25, 0.3) is 0 Å². The monoisotopic (exact) mass is 191 g/mol. The number of nitrogens with two attached hydrogens (primary N) is 1. The minimum absolute atomic E-state index is 0.139. The molecule has 2 aromatic rings. The van der Waals surface area contributed by atoms with Crippen LogP contribution in [0.25, 0.3) is 10.8 Å². The van der Waals surface area contributed by atoms with Crippen molar-refractivity contribution in [2.24, 2.45) is 0 Å². The summed E-state index contributed by atoms with van der Waals surface area (Å²) < 4.78 is 13.1. The molecule has 2 nitrogen and oxygen atoms in total. The van der Waals surface area contributed by atoms with Crippen LogP contribution in [0.5, 0.6) is 5.75 Å². The Kier molecular flexibility index (Phi) is 1.81. The van der Waals surface area contributed by atoms with Crippen molar-refractivity contribution in [1.29, 1.82) is 0 Å². The maximum absolute atomic E-state index is 13.1. The highest BCUT2D eigenvalue weighted by Gasteiger charge is 2.07. The summed E-state index contributed by atoms with van der Waals surface area (Å²) in [4.78, 5) is 0. The summed E-state index contributed by atoms with van der Waals surface area (Å²) in [6, 6.07) is 6.04. The Bertz CT molecular complexity index is 508. The molecule has 0 aromatic heterocycles. The molecule has 0 radical (unpaired) electrons. The van der Waals surface area contributed by atoms with Gasteiger partial charge in [0.2, 0.25) is 0 Å². The first-order valence-corrected chi connectivity index (χ1v) is 4.27. The fraction of sp³-hybridized carbons (Fsp3) is 0.0909. The Morgan fingerprint density at radius 1 is 1.29 bits per heavy atom. The largest absolute Gasteiger partial charge is 0.508 e. The molecule has 0 unspecified atom stereocenters. The van der Waals surface area contributed by atoms with E-state index in [-0.39, 0.29) is 11.4 Å². The lowest BCUT2D eigenvalue weighted by atomic mass is 10.0. The zero-order chi connectivity index (χ0) is 10.3. The molecular weight excluding hydrogens is 181 g/mol. The molecule has 0 bridgehead atoms. The third-order valence-electron chi connectivity index (χ3n) is 2.29. The number of halogens is 1. The Balaban J connectivity index is 2.95. The number of hydrogen-bond acceptors (Lipinski definition) is 2. The van der Waals surface area contributed by atoms with Crippen molar-refractivity contribution in [2.45, 2.75) is 6.92 Å². The van der Waals surface area contributed by atoms with Gasteiger partial charge >= 0.3 is 0 Å². The molecule has 0 fully saturated rings. The first kappa shape index (κ1) is 8.81. The van der Waals surface area contributed by atoms with E-state index >= 15 is 0 Å². The molecule has 0 saturated heterocycles. The van der Waals surface area contributed by atoms with Crippen molar-refractivity contribution in [3.05, 3.63) is 35.6 Å². The zero-order valence-corrected chi connectivity index (χ0v) is 7.71. The Morgan fingerprint density at radius 3 is 2.71 bits per heavy atom. The van der Waals surface area contributed by atoms with Crippen LogP contribution in [0.4, 0.5) is 10.1 Å². The lowest BCUT2D eigenvalue weighted by molar-refractivity contribution is 0.476. The second-order valence-corrected chi connectivity index (χ2v) is 3.32. The predicted octanol–water partition coefficient (Wildman–Crippen LogP) is 2.58. The molecule has 0 saturated carbocycles.